The largest absolute Gasteiger partial charge is 0.444 e. The van der Waals surface area contributed by atoms with Crippen LogP contribution in [0.3, 0.4) is 0 Å². The number of carbonyl (C=O) groups excluding carboxylic acids is 2. The summed E-state index contributed by atoms with van der Waals surface area (Å²) in [5, 5.41) is 2.84. The molecule has 3 fully saturated rings. The summed E-state index contributed by atoms with van der Waals surface area (Å²) in [5.74, 6) is 0. The number of hydrogen-bond donors (Lipinski definition) is 1. The lowest BCUT2D eigenvalue weighted by Gasteiger charge is -2.43. The van der Waals surface area contributed by atoms with Crippen molar-refractivity contribution < 1.29 is 14.3 Å². The highest BCUT2D eigenvalue weighted by molar-refractivity contribution is 5.94. The Morgan fingerprint density at radius 1 is 0.935 bits per heavy atom. The van der Waals surface area contributed by atoms with Gasteiger partial charge in [-0.2, -0.15) is 0 Å². The number of anilines is 2. The van der Waals surface area contributed by atoms with Crippen LogP contribution in [-0.4, -0.2) is 85.9 Å². The van der Waals surface area contributed by atoms with Crippen LogP contribution in [-0.2, 0) is 4.74 Å². The Balaban J connectivity index is 1.24. The van der Waals surface area contributed by atoms with Crippen LogP contribution in [0.4, 0.5) is 21.0 Å². The number of urea groups is 1. The van der Waals surface area contributed by atoms with E-state index < -0.39 is 5.60 Å². The molecule has 0 bridgehead atoms. The van der Waals surface area contributed by atoms with Crippen LogP contribution in [0, 0.1) is 0 Å². The van der Waals surface area contributed by atoms with Gasteiger partial charge in [0, 0.05) is 69.8 Å². The second-order valence-corrected chi connectivity index (χ2v) is 9.62. The molecule has 170 valence electrons. The quantitative estimate of drug-likeness (QED) is 0.800. The first-order chi connectivity index (χ1) is 14.8. The van der Waals surface area contributed by atoms with Crippen LogP contribution in [0.25, 0.3) is 0 Å². The van der Waals surface area contributed by atoms with Gasteiger partial charge in [0.25, 0.3) is 0 Å². The number of likely N-dealkylation sites (tertiary alicyclic amines) is 1. The van der Waals surface area contributed by atoms with E-state index in [1.807, 2.05) is 37.8 Å². The number of piperazine rings is 1. The Hall–Kier alpha value is -2.48. The molecule has 4 rings (SSSR count). The van der Waals surface area contributed by atoms with Crippen LogP contribution < -0.4 is 15.1 Å². The highest BCUT2D eigenvalue weighted by Crippen LogP contribution is 2.25. The fourth-order valence-corrected chi connectivity index (χ4v) is 4.65. The molecule has 3 saturated heterocycles. The maximum atomic E-state index is 12.3. The molecule has 0 aromatic heterocycles. The molecular weight excluding hydrogens is 394 g/mol. The molecule has 0 aliphatic carbocycles. The smallest absolute Gasteiger partial charge is 0.410 e. The number of nitrogens with zero attached hydrogens (tertiary/aromatic N) is 4. The number of rotatable bonds is 3. The van der Waals surface area contributed by atoms with Crippen LogP contribution in [0.2, 0.25) is 0 Å². The number of benzene rings is 1. The molecule has 31 heavy (non-hydrogen) atoms. The second kappa shape index (κ2) is 8.94. The molecule has 1 N–H and O–H groups in total. The van der Waals surface area contributed by atoms with Crippen molar-refractivity contribution in [2.24, 2.45) is 0 Å². The zero-order valence-electron chi connectivity index (χ0n) is 19.0. The molecule has 0 unspecified atom stereocenters. The van der Waals surface area contributed by atoms with Crippen molar-refractivity contribution in [2.45, 2.75) is 45.3 Å². The highest BCUT2D eigenvalue weighted by atomic mass is 16.6. The van der Waals surface area contributed by atoms with Crippen LogP contribution >= 0.6 is 0 Å². The molecule has 1 aromatic carbocycles. The third-order valence-corrected chi connectivity index (χ3v) is 6.33. The first kappa shape index (κ1) is 21.7. The summed E-state index contributed by atoms with van der Waals surface area (Å²) in [6.07, 6.45) is 1.82. The zero-order chi connectivity index (χ0) is 22.0. The van der Waals surface area contributed by atoms with Crippen LogP contribution in [0.5, 0.6) is 0 Å². The molecule has 3 amide bonds. The van der Waals surface area contributed by atoms with Gasteiger partial charge in [-0.1, -0.05) is 0 Å². The Kier molecular flexibility index (Phi) is 6.27. The summed E-state index contributed by atoms with van der Waals surface area (Å²) >= 11 is 0. The molecule has 3 aliphatic heterocycles. The van der Waals surface area contributed by atoms with E-state index in [-0.39, 0.29) is 12.1 Å². The first-order valence-corrected chi connectivity index (χ1v) is 11.4. The molecule has 0 radical (unpaired) electrons. The predicted molar refractivity (Wildman–Crippen MR) is 122 cm³/mol. The lowest BCUT2D eigenvalue weighted by Crippen LogP contribution is -2.54. The minimum atomic E-state index is -0.441. The summed E-state index contributed by atoms with van der Waals surface area (Å²) in [5.41, 5.74) is 1.72. The van der Waals surface area contributed by atoms with Crippen molar-refractivity contribution >= 4 is 23.5 Å². The topological polar surface area (TPSA) is 68.4 Å². The minimum Gasteiger partial charge on any atom is -0.444 e. The molecule has 0 saturated carbocycles. The Bertz CT molecular complexity index is 775. The standard InChI is InChI=1S/C23H35N5O3/c1-23(2,3)31-22(30)27-11-8-19(9-12-27)26-16-14-25(15-17-26)18-4-6-20(7-5-18)28-13-10-24-21(28)29/h4-7,19H,8-17H2,1-3H3,(H,24,29). The van der Waals surface area contributed by atoms with E-state index in [4.69, 9.17) is 4.74 Å². The molecule has 8 heteroatoms. The molecule has 0 spiro atoms. The van der Waals surface area contributed by atoms with Gasteiger partial charge in [-0.3, -0.25) is 9.80 Å². The molecule has 0 atom stereocenters. The predicted octanol–water partition coefficient (Wildman–Crippen LogP) is 2.74. The summed E-state index contributed by atoms with van der Waals surface area (Å²) in [6.45, 7) is 12.8. The first-order valence-electron chi connectivity index (χ1n) is 11.4. The van der Waals surface area contributed by atoms with Crippen molar-refractivity contribution in [3.8, 4) is 0 Å². The number of piperidine rings is 1. The van der Waals surface area contributed by atoms with Gasteiger partial charge in [0.05, 0.1) is 0 Å². The van der Waals surface area contributed by atoms with Crippen molar-refractivity contribution in [3.63, 3.8) is 0 Å². The highest BCUT2D eigenvalue weighted by Gasteiger charge is 2.31. The van der Waals surface area contributed by atoms with Gasteiger partial charge >= 0.3 is 12.1 Å². The third kappa shape index (κ3) is 5.23. The number of carbonyl (C=O) groups is 2. The average molecular weight is 430 g/mol. The number of amides is 3. The van der Waals surface area contributed by atoms with Gasteiger partial charge in [-0.25, -0.2) is 9.59 Å². The molecule has 3 aliphatic rings. The van der Waals surface area contributed by atoms with Gasteiger partial charge in [0.15, 0.2) is 0 Å². The fourth-order valence-electron chi connectivity index (χ4n) is 4.65. The van der Waals surface area contributed by atoms with Crippen molar-refractivity contribution in [1.29, 1.82) is 0 Å². The van der Waals surface area contributed by atoms with E-state index in [1.54, 1.807) is 4.90 Å². The van der Waals surface area contributed by atoms with Crippen LogP contribution in [0.15, 0.2) is 24.3 Å². The zero-order valence-corrected chi connectivity index (χ0v) is 19.0. The molecular formula is C23H35N5O3. The summed E-state index contributed by atoms with van der Waals surface area (Å²) in [7, 11) is 0. The van der Waals surface area contributed by atoms with E-state index in [1.165, 1.54) is 5.69 Å². The van der Waals surface area contributed by atoms with Gasteiger partial charge in [-0.05, 0) is 57.9 Å². The van der Waals surface area contributed by atoms with Gasteiger partial charge in [-0.15, -0.1) is 0 Å². The lowest BCUT2D eigenvalue weighted by atomic mass is 10.0. The molecule has 1 aromatic rings. The molecule has 8 nitrogen and oxygen atoms in total. The Labute approximate surface area is 185 Å². The minimum absolute atomic E-state index is 0.0147. The number of ether oxygens (including phenoxy) is 1. The number of nitrogens with one attached hydrogen (secondary N) is 1. The van der Waals surface area contributed by atoms with Crippen molar-refractivity contribution in [2.75, 3.05) is 62.2 Å². The van der Waals surface area contributed by atoms with Gasteiger partial charge in [0.1, 0.15) is 5.60 Å². The summed E-state index contributed by atoms with van der Waals surface area (Å²) in [4.78, 5) is 32.7. The third-order valence-electron chi connectivity index (χ3n) is 6.33. The Morgan fingerprint density at radius 2 is 1.55 bits per heavy atom. The molecule has 3 heterocycles. The van der Waals surface area contributed by atoms with Crippen LogP contribution in [0.1, 0.15) is 33.6 Å². The number of hydrogen-bond acceptors (Lipinski definition) is 5. The van der Waals surface area contributed by atoms with Gasteiger partial charge in [0.2, 0.25) is 0 Å². The van der Waals surface area contributed by atoms with E-state index in [9.17, 15) is 9.59 Å². The SMILES string of the molecule is CC(C)(C)OC(=O)N1CCC(N2CCN(c3ccc(N4CCNC4=O)cc3)CC2)CC1. The monoisotopic (exact) mass is 429 g/mol. The van der Waals surface area contributed by atoms with Crippen molar-refractivity contribution in [1.82, 2.24) is 15.1 Å². The van der Waals surface area contributed by atoms with E-state index in [2.05, 4.69) is 27.2 Å². The fraction of sp³-hybridized carbons (Fsp3) is 0.652. The average Bonchev–Trinajstić information content (AvgIpc) is 3.19. The lowest BCUT2D eigenvalue weighted by molar-refractivity contribution is 0.0140. The Morgan fingerprint density at radius 3 is 2.10 bits per heavy atom. The summed E-state index contributed by atoms with van der Waals surface area (Å²) in [6, 6.07) is 8.85. The summed E-state index contributed by atoms with van der Waals surface area (Å²) < 4.78 is 5.51. The van der Waals surface area contributed by atoms with E-state index >= 15 is 0 Å². The normalized spacial score (nSPS) is 21.4. The van der Waals surface area contributed by atoms with Gasteiger partial charge < -0.3 is 19.9 Å². The van der Waals surface area contributed by atoms with E-state index in [0.29, 0.717) is 12.6 Å². The maximum Gasteiger partial charge on any atom is 0.410 e. The second-order valence-electron chi connectivity index (χ2n) is 9.62. The van der Waals surface area contributed by atoms with E-state index in [0.717, 1.165) is 64.3 Å². The van der Waals surface area contributed by atoms with Crippen molar-refractivity contribution in [3.05, 3.63) is 24.3 Å². The maximum absolute atomic E-state index is 12.3.